The van der Waals surface area contributed by atoms with Crippen LogP contribution in [0.5, 0.6) is 0 Å². The van der Waals surface area contributed by atoms with Gasteiger partial charge >= 0.3 is 6.98 Å². The monoisotopic (exact) mass is 177 g/mol. The summed E-state index contributed by atoms with van der Waals surface area (Å²) in [4.78, 5) is 0. The van der Waals surface area contributed by atoms with Crippen molar-refractivity contribution < 1.29 is 12.9 Å². The molecule has 1 rings (SSSR count). The Morgan fingerprint density at radius 1 is 1.50 bits per heavy atom. The van der Waals surface area contributed by atoms with Gasteiger partial charge in [0, 0.05) is 18.3 Å². The fraction of sp³-hybridized carbons (Fsp3) is 0.500. The summed E-state index contributed by atoms with van der Waals surface area (Å²) in [7, 11) is 0. The van der Waals surface area contributed by atoms with E-state index in [1.807, 2.05) is 6.92 Å². The Kier molecular flexibility index (Phi) is 2.44. The first-order chi connectivity index (χ1) is 5.54. The zero-order chi connectivity index (χ0) is 9.19. The number of nitrogens with zero attached hydrogens (tertiary/aromatic N) is 2. The molecule has 1 heterocycles. The van der Waals surface area contributed by atoms with Gasteiger partial charge in [0.25, 0.3) is 0 Å². The molecule has 0 atom stereocenters. The highest BCUT2D eigenvalue weighted by Gasteiger charge is 2.28. The van der Waals surface area contributed by atoms with E-state index in [1.165, 1.54) is 10.9 Å². The molecule has 0 saturated carbocycles. The summed E-state index contributed by atoms with van der Waals surface area (Å²) in [6.45, 7) is -2.51. The Morgan fingerprint density at radius 3 is 2.58 bits per heavy atom. The molecular weight excluding hydrogens is 168 g/mol. The van der Waals surface area contributed by atoms with Crippen LogP contribution < -0.4 is 5.59 Å². The second kappa shape index (κ2) is 3.20. The maximum absolute atomic E-state index is 12.0. The molecule has 0 radical (unpaired) electrons. The lowest BCUT2D eigenvalue weighted by Crippen LogP contribution is -2.35. The van der Waals surface area contributed by atoms with E-state index >= 15 is 0 Å². The Balaban J connectivity index is 2.77. The number of hydrogen-bond donors (Lipinski definition) is 0. The highest BCUT2D eigenvalue weighted by molar-refractivity contribution is 6.72. The molecule has 0 saturated heterocycles. The van der Waals surface area contributed by atoms with Crippen LogP contribution in [-0.2, 0) is 6.54 Å². The van der Waals surface area contributed by atoms with Crippen molar-refractivity contribution in [2.24, 2.45) is 0 Å². The first kappa shape index (κ1) is 9.16. The van der Waals surface area contributed by atoms with E-state index in [4.69, 9.17) is 0 Å². The van der Waals surface area contributed by atoms with Gasteiger partial charge in [0.1, 0.15) is 0 Å². The second-order valence-corrected chi connectivity index (χ2v) is 2.58. The minimum atomic E-state index is -4.93. The van der Waals surface area contributed by atoms with Crippen molar-refractivity contribution in [1.82, 2.24) is 9.78 Å². The van der Waals surface area contributed by atoms with Gasteiger partial charge in [-0.25, -0.2) is 5.10 Å². The van der Waals surface area contributed by atoms with Crippen LogP contribution in [-0.4, -0.2) is 16.8 Å². The fourth-order valence-corrected chi connectivity index (χ4v) is 0.906. The number of aromatic nitrogens is 2. The van der Waals surface area contributed by atoms with E-state index in [1.54, 1.807) is 0 Å². The van der Waals surface area contributed by atoms with Gasteiger partial charge < -0.3 is 12.9 Å². The van der Waals surface area contributed by atoms with E-state index in [2.05, 4.69) is 5.10 Å². The molecule has 0 spiro atoms. The maximum Gasteiger partial charge on any atom is 0.529 e. The average Bonchev–Trinajstić information content (AvgIpc) is 2.35. The number of aryl methyl sites for hydroxylation is 1. The Morgan fingerprint density at radius 2 is 2.17 bits per heavy atom. The lowest BCUT2D eigenvalue weighted by molar-refractivity contribution is 0.494. The zero-order valence-electron chi connectivity index (χ0n) is 6.67. The van der Waals surface area contributed by atoms with Gasteiger partial charge in [0.2, 0.25) is 0 Å². The number of halogens is 3. The van der Waals surface area contributed by atoms with Gasteiger partial charge in [-0.2, -0.15) is 0 Å². The standard InChI is InChI=1S/C6H9BF3N2/c1-2-4-12-5-3-6(11-12)7(8,9)10/h3,5H,2,4H2,1H3/q-1. The summed E-state index contributed by atoms with van der Waals surface area (Å²) in [6.07, 6.45) is 2.14. The van der Waals surface area contributed by atoms with E-state index < -0.39 is 12.6 Å². The normalized spacial score (nSPS) is 12.0. The molecule has 0 unspecified atom stereocenters. The molecule has 6 heteroatoms. The van der Waals surface area contributed by atoms with Crippen molar-refractivity contribution in [2.75, 3.05) is 0 Å². The van der Waals surface area contributed by atoms with Crippen LogP contribution in [0, 0.1) is 0 Å². The number of hydrogen-bond acceptors (Lipinski definition) is 1. The van der Waals surface area contributed by atoms with Crippen LogP contribution in [0.2, 0.25) is 0 Å². The molecule has 0 aliphatic heterocycles. The SMILES string of the molecule is CCCn1ccc([B-](F)(F)F)n1. The predicted molar refractivity (Wildman–Crippen MR) is 41.2 cm³/mol. The maximum atomic E-state index is 12.0. The summed E-state index contributed by atoms with van der Waals surface area (Å²) in [5.41, 5.74) is -0.761. The van der Waals surface area contributed by atoms with Crippen LogP contribution in [0.3, 0.4) is 0 Å². The molecule has 1 aromatic rings. The van der Waals surface area contributed by atoms with Gasteiger partial charge in [-0.1, -0.05) is 13.0 Å². The van der Waals surface area contributed by atoms with Crippen molar-refractivity contribution >= 4 is 12.6 Å². The van der Waals surface area contributed by atoms with Crippen molar-refractivity contribution in [3.8, 4) is 0 Å². The molecule has 0 fully saturated rings. The fourth-order valence-electron chi connectivity index (χ4n) is 0.906. The first-order valence-electron chi connectivity index (χ1n) is 3.77. The van der Waals surface area contributed by atoms with E-state index in [0.717, 1.165) is 12.5 Å². The summed E-state index contributed by atoms with van der Waals surface area (Å²) in [6, 6.07) is 1.01. The molecule has 0 aliphatic carbocycles. The molecule has 0 N–H and O–H groups in total. The molecular formula is C6H9BF3N2-. The lowest BCUT2D eigenvalue weighted by Gasteiger charge is -2.09. The summed E-state index contributed by atoms with van der Waals surface area (Å²) < 4.78 is 37.4. The van der Waals surface area contributed by atoms with Gasteiger partial charge in [-0.3, -0.25) is 4.68 Å². The zero-order valence-corrected chi connectivity index (χ0v) is 6.67. The van der Waals surface area contributed by atoms with Crippen LogP contribution in [0.15, 0.2) is 12.3 Å². The van der Waals surface area contributed by atoms with Gasteiger partial charge in [-0.15, -0.1) is 0 Å². The Hall–Kier alpha value is -0.935. The third-order valence-corrected chi connectivity index (χ3v) is 1.45. The largest absolute Gasteiger partial charge is 0.529 e. The Labute approximate surface area is 68.4 Å². The summed E-state index contributed by atoms with van der Waals surface area (Å²) >= 11 is 0. The average molecular weight is 177 g/mol. The van der Waals surface area contributed by atoms with Gasteiger partial charge in [0.15, 0.2) is 0 Å². The minimum Gasteiger partial charge on any atom is -0.444 e. The van der Waals surface area contributed by atoms with Gasteiger partial charge in [-0.05, 0) is 6.42 Å². The second-order valence-electron chi connectivity index (χ2n) is 2.58. The van der Waals surface area contributed by atoms with E-state index in [-0.39, 0.29) is 0 Å². The van der Waals surface area contributed by atoms with Crippen LogP contribution in [0.4, 0.5) is 12.9 Å². The third kappa shape index (κ3) is 2.02. The molecule has 12 heavy (non-hydrogen) atoms. The van der Waals surface area contributed by atoms with Crippen LogP contribution in [0.25, 0.3) is 0 Å². The molecule has 0 bridgehead atoms. The van der Waals surface area contributed by atoms with E-state index in [9.17, 15) is 12.9 Å². The number of rotatable bonds is 3. The molecule has 0 aliphatic rings. The summed E-state index contributed by atoms with van der Waals surface area (Å²) in [5, 5.41) is 3.39. The lowest BCUT2D eigenvalue weighted by atomic mass is 9.87. The van der Waals surface area contributed by atoms with Crippen LogP contribution >= 0.6 is 0 Å². The molecule has 2 nitrogen and oxygen atoms in total. The predicted octanol–water partition coefficient (Wildman–Crippen LogP) is 1.35. The quantitative estimate of drug-likeness (QED) is 0.637. The molecule has 1 aromatic heterocycles. The van der Waals surface area contributed by atoms with Crippen molar-refractivity contribution in [1.29, 1.82) is 0 Å². The summed E-state index contributed by atoms with van der Waals surface area (Å²) in [5.74, 6) is 0. The van der Waals surface area contributed by atoms with Crippen molar-refractivity contribution in [3.63, 3.8) is 0 Å². The highest BCUT2D eigenvalue weighted by atomic mass is 19.4. The highest BCUT2D eigenvalue weighted by Crippen LogP contribution is 2.06. The molecule has 0 aromatic carbocycles. The van der Waals surface area contributed by atoms with Crippen LogP contribution in [0.1, 0.15) is 13.3 Å². The minimum absolute atomic E-state index is 0.534. The smallest absolute Gasteiger partial charge is 0.444 e. The third-order valence-electron chi connectivity index (χ3n) is 1.45. The first-order valence-corrected chi connectivity index (χ1v) is 3.77. The Bertz CT molecular complexity index is 256. The van der Waals surface area contributed by atoms with Crippen molar-refractivity contribution in [3.05, 3.63) is 12.3 Å². The van der Waals surface area contributed by atoms with Crippen molar-refractivity contribution in [2.45, 2.75) is 19.9 Å². The van der Waals surface area contributed by atoms with E-state index in [0.29, 0.717) is 6.54 Å². The van der Waals surface area contributed by atoms with Gasteiger partial charge in [0.05, 0.1) is 0 Å². The topological polar surface area (TPSA) is 17.8 Å². The molecule has 68 valence electrons. The molecule has 0 amide bonds.